The van der Waals surface area contributed by atoms with E-state index in [1.54, 1.807) is 27.4 Å². The fourth-order valence-electron chi connectivity index (χ4n) is 4.98. The molecule has 7 heteroatoms. The van der Waals surface area contributed by atoms with Crippen LogP contribution in [0, 0.1) is 0 Å². The molecule has 0 saturated carbocycles. The number of allylic oxidation sites excluding steroid dienone is 3. The second-order valence-electron chi connectivity index (χ2n) is 8.36. The second-order valence-corrected chi connectivity index (χ2v) is 8.36. The molecule has 2 aromatic carbocycles. The van der Waals surface area contributed by atoms with Gasteiger partial charge in [-0.2, -0.15) is 0 Å². The number of ether oxygens (including phenoxy) is 4. The van der Waals surface area contributed by atoms with Gasteiger partial charge in [0.15, 0.2) is 17.3 Å². The molecule has 2 atom stereocenters. The number of hydrogen-bond acceptors (Lipinski definition) is 7. The quantitative estimate of drug-likeness (QED) is 0.642. The normalized spacial score (nSPS) is 19.9. The first kappa shape index (κ1) is 23.4. The average molecular weight is 464 g/mol. The Morgan fingerprint density at radius 2 is 1.68 bits per heavy atom. The molecule has 1 aliphatic heterocycles. The number of Topliss-reactive ketones (excluding diaryl/α,β-unsaturated/α-hetero) is 1. The Morgan fingerprint density at radius 1 is 0.941 bits per heavy atom. The predicted molar refractivity (Wildman–Crippen MR) is 127 cm³/mol. The van der Waals surface area contributed by atoms with Crippen molar-refractivity contribution in [3.05, 3.63) is 76.1 Å². The zero-order valence-electron chi connectivity index (χ0n) is 20.1. The predicted octanol–water partition coefficient (Wildman–Crippen LogP) is 4.25. The van der Waals surface area contributed by atoms with Gasteiger partial charge in [0.25, 0.3) is 0 Å². The van der Waals surface area contributed by atoms with Gasteiger partial charge in [-0.05, 0) is 43.0 Å². The van der Waals surface area contributed by atoms with Crippen molar-refractivity contribution < 1.29 is 28.5 Å². The molecular formula is C27H29NO6. The topological polar surface area (TPSA) is 83.1 Å². The Kier molecular flexibility index (Phi) is 6.63. The third-order valence-corrected chi connectivity index (χ3v) is 6.56. The largest absolute Gasteiger partial charge is 0.497 e. The highest BCUT2D eigenvalue weighted by molar-refractivity contribution is 6.04. The van der Waals surface area contributed by atoms with Gasteiger partial charge in [-0.3, -0.25) is 4.79 Å². The van der Waals surface area contributed by atoms with E-state index >= 15 is 0 Å². The van der Waals surface area contributed by atoms with Gasteiger partial charge in [0.1, 0.15) is 5.75 Å². The van der Waals surface area contributed by atoms with Gasteiger partial charge in [-0.15, -0.1) is 0 Å². The zero-order chi connectivity index (χ0) is 24.4. The fraction of sp³-hybridized carbons (Fsp3) is 0.333. The zero-order valence-corrected chi connectivity index (χ0v) is 20.1. The molecule has 0 unspecified atom stereocenters. The number of esters is 1. The summed E-state index contributed by atoms with van der Waals surface area (Å²) in [5, 5.41) is 3.34. The van der Waals surface area contributed by atoms with Crippen molar-refractivity contribution in [3.8, 4) is 17.2 Å². The molecule has 34 heavy (non-hydrogen) atoms. The van der Waals surface area contributed by atoms with E-state index in [4.69, 9.17) is 18.9 Å². The maximum Gasteiger partial charge on any atom is 0.336 e. The second kappa shape index (κ2) is 9.63. The van der Waals surface area contributed by atoms with E-state index in [0.717, 1.165) is 17.0 Å². The van der Waals surface area contributed by atoms with Crippen molar-refractivity contribution in [2.24, 2.45) is 0 Å². The lowest BCUT2D eigenvalue weighted by Crippen LogP contribution is -2.36. The first-order chi connectivity index (χ1) is 16.4. The number of carbonyl (C=O) groups excluding carboxylic acids is 2. The molecule has 0 bridgehead atoms. The Balaban J connectivity index is 1.84. The van der Waals surface area contributed by atoms with E-state index in [9.17, 15) is 9.59 Å². The number of para-hydroxylation sites is 1. The summed E-state index contributed by atoms with van der Waals surface area (Å²) in [6.45, 7) is 1.83. The Morgan fingerprint density at radius 3 is 2.29 bits per heavy atom. The number of ketones is 1. The summed E-state index contributed by atoms with van der Waals surface area (Å²) in [5.41, 5.74) is 4.19. The van der Waals surface area contributed by atoms with Crippen LogP contribution in [0.25, 0.3) is 0 Å². The first-order valence-corrected chi connectivity index (χ1v) is 11.1. The van der Waals surface area contributed by atoms with E-state index in [1.165, 1.54) is 7.11 Å². The smallest absolute Gasteiger partial charge is 0.336 e. The number of rotatable bonds is 6. The molecule has 2 aliphatic rings. The van der Waals surface area contributed by atoms with Crippen molar-refractivity contribution in [2.75, 3.05) is 28.4 Å². The van der Waals surface area contributed by atoms with Crippen LogP contribution in [0.4, 0.5) is 0 Å². The summed E-state index contributed by atoms with van der Waals surface area (Å²) in [6.07, 6.45) is 0.977. The molecule has 0 fully saturated rings. The van der Waals surface area contributed by atoms with Crippen molar-refractivity contribution >= 4 is 11.8 Å². The van der Waals surface area contributed by atoms with Crippen molar-refractivity contribution in [1.82, 2.24) is 5.32 Å². The van der Waals surface area contributed by atoms with Crippen LogP contribution in [0.1, 0.15) is 42.7 Å². The molecule has 0 spiro atoms. The number of benzene rings is 2. The SMILES string of the molecule is COC(=O)C1=C(C)NC2=C(C(=O)C[C@H](c3ccc(OC)cc3)C2)[C@H]1c1cccc(OC)c1OC. The monoisotopic (exact) mass is 463 g/mol. The number of nitrogens with one attached hydrogen (secondary N) is 1. The number of methoxy groups -OCH3 is 4. The van der Waals surface area contributed by atoms with Crippen molar-refractivity contribution in [2.45, 2.75) is 31.6 Å². The third kappa shape index (κ3) is 4.02. The average Bonchev–Trinajstić information content (AvgIpc) is 2.86. The summed E-state index contributed by atoms with van der Waals surface area (Å²) in [5.74, 6) is 0.677. The summed E-state index contributed by atoms with van der Waals surface area (Å²) in [6, 6.07) is 13.3. The van der Waals surface area contributed by atoms with Crippen LogP contribution >= 0.6 is 0 Å². The van der Waals surface area contributed by atoms with Gasteiger partial charge < -0.3 is 24.3 Å². The lowest BCUT2D eigenvalue weighted by atomic mass is 9.71. The van der Waals surface area contributed by atoms with Crippen LogP contribution in [-0.4, -0.2) is 40.2 Å². The molecule has 2 aromatic rings. The molecule has 7 nitrogen and oxygen atoms in total. The third-order valence-electron chi connectivity index (χ3n) is 6.56. The molecule has 1 heterocycles. The number of hydrogen-bond donors (Lipinski definition) is 1. The summed E-state index contributed by atoms with van der Waals surface area (Å²) in [4.78, 5) is 26.6. The Labute approximate surface area is 199 Å². The van der Waals surface area contributed by atoms with Crippen molar-refractivity contribution in [3.63, 3.8) is 0 Å². The van der Waals surface area contributed by atoms with Gasteiger partial charge >= 0.3 is 5.97 Å². The van der Waals surface area contributed by atoms with Gasteiger partial charge in [-0.1, -0.05) is 24.3 Å². The highest BCUT2D eigenvalue weighted by atomic mass is 16.5. The maximum atomic E-state index is 13.7. The van der Waals surface area contributed by atoms with Crippen LogP contribution in [0.15, 0.2) is 65.0 Å². The Hall–Kier alpha value is -3.74. The number of carbonyl (C=O) groups is 2. The van der Waals surface area contributed by atoms with Crippen LogP contribution < -0.4 is 19.5 Å². The van der Waals surface area contributed by atoms with E-state index in [0.29, 0.717) is 46.7 Å². The van der Waals surface area contributed by atoms with Gasteiger partial charge in [0.05, 0.1) is 39.9 Å². The van der Waals surface area contributed by atoms with Crippen LogP contribution in [0.2, 0.25) is 0 Å². The van der Waals surface area contributed by atoms with Gasteiger partial charge in [0.2, 0.25) is 0 Å². The lowest BCUT2D eigenvalue weighted by Gasteiger charge is -2.37. The molecule has 1 aliphatic carbocycles. The standard InChI is InChI=1S/C27H29NO6/c1-15-23(27(30)34-5)24(19-7-6-8-22(32-3)26(19)33-4)25-20(28-15)13-17(14-21(25)29)16-9-11-18(31-2)12-10-16/h6-12,17,24,28H,13-14H2,1-5H3/t17-,24+/m1/s1. The minimum absolute atomic E-state index is 0.0154. The summed E-state index contributed by atoms with van der Waals surface area (Å²) >= 11 is 0. The van der Waals surface area contributed by atoms with E-state index in [-0.39, 0.29) is 11.7 Å². The van der Waals surface area contributed by atoms with E-state index in [1.807, 2.05) is 43.3 Å². The minimum Gasteiger partial charge on any atom is -0.497 e. The molecule has 0 radical (unpaired) electrons. The molecular weight excluding hydrogens is 434 g/mol. The van der Waals surface area contributed by atoms with Gasteiger partial charge in [0, 0.05) is 29.0 Å². The van der Waals surface area contributed by atoms with Crippen LogP contribution in [0.5, 0.6) is 17.2 Å². The van der Waals surface area contributed by atoms with Crippen molar-refractivity contribution in [1.29, 1.82) is 0 Å². The minimum atomic E-state index is -0.627. The Bertz CT molecular complexity index is 1180. The van der Waals surface area contributed by atoms with Crippen LogP contribution in [0.3, 0.4) is 0 Å². The highest BCUT2D eigenvalue weighted by Gasteiger charge is 2.42. The molecule has 0 saturated heterocycles. The highest BCUT2D eigenvalue weighted by Crippen LogP contribution is 2.49. The van der Waals surface area contributed by atoms with E-state index < -0.39 is 11.9 Å². The summed E-state index contributed by atoms with van der Waals surface area (Å²) in [7, 11) is 6.08. The maximum absolute atomic E-state index is 13.7. The molecule has 1 N–H and O–H groups in total. The first-order valence-electron chi connectivity index (χ1n) is 11.1. The number of dihydropyridines is 1. The fourth-order valence-corrected chi connectivity index (χ4v) is 4.98. The molecule has 4 rings (SSSR count). The lowest BCUT2D eigenvalue weighted by molar-refractivity contribution is -0.136. The molecule has 178 valence electrons. The van der Waals surface area contributed by atoms with Crippen LogP contribution in [-0.2, 0) is 14.3 Å². The summed E-state index contributed by atoms with van der Waals surface area (Å²) < 4.78 is 21.5. The molecule has 0 aromatic heterocycles. The molecule has 0 amide bonds. The van der Waals surface area contributed by atoms with Gasteiger partial charge in [-0.25, -0.2) is 4.79 Å². The van der Waals surface area contributed by atoms with E-state index in [2.05, 4.69) is 5.32 Å².